The van der Waals surface area contributed by atoms with Crippen molar-refractivity contribution < 1.29 is 5.11 Å². The van der Waals surface area contributed by atoms with Gasteiger partial charge in [-0.3, -0.25) is 4.90 Å². The van der Waals surface area contributed by atoms with Crippen LogP contribution in [0.15, 0.2) is 42.9 Å². The topological polar surface area (TPSA) is 91.7 Å². The Labute approximate surface area is 139 Å². The van der Waals surface area contributed by atoms with Crippen molar-refractivity contribution in [3.8, 4) is 11.8 Å². The minimum Gasteiger partial charge on any atom is -0.508 e. The van der Waals surface area contributed by atoms with E-state index < -0.39 is 0 Å². The van der Waals surface area contributed by atoms with Gasteiger partial charge in [0, 0.05) is 31.7 Å². The van der Waals surface area contributed by atoms with Gasteiger partial charge in [-0.25, -0.2) is 4.98 Å². The molecule has 6 heteroatoms. The van der Waals surface area contributed by atoms with Gasteiger partial charge < -0.3 is 15.1 Å². The van der Waals surface area contributed by atoms with Gasteiger partial charge in [-0.2, -0.15) is 5.26 Å². The fourth-order valence-corrected chi connectivity index (χ4v) is 3.37. The van der Waals surface area contributed by atoms with Crippen molar-refractivity contribution in [2.24, 2.45) is 0 Å². The van der Waals surface area contributed by atoms with Gasteiger partial charge in [0.2, 0.25) is 0 Å². The zero-order chi connectivity index (χ0) is 16.5. The number of benzene rings is 1. The van der Waals surface area contributed by atoms with Gasteiger partial charge in [0.05, 0.1) is 17.7 Å². The molecule has 1 atom stereocenters. The molecule has 0 radical (unpaired) electrons. The molecular weight excluding hydrogens is 302 g/mol. The molecule has 3 heterocycles. The third kappa shape index (κ3) is 2.66. The molecular formula is C18H17N5O. The van der Waals surface area contributed by atoms with E-state index in [1.165, 1.54) is 0 Å². The first-order chi connectivity index (χ1) is 11.7. The van der Waals surface area contributed by atoms with Gasteiger partial charge in [0.25, 0.3) is 0 Å². The Bertz CT molecular complexity index is 904. The quantitative estimate of drug-likeness (QED) is 0.691. The molecule has 0 saturated heterocycles. The van der Waals surface area contributed by atoms with E-state index in [4.69, 9.17) is 5.26 Å². The van der Waals surface area contributed by atoms with Gasteiger partial charge in [0.1, 0.15) is 17.5 Å². The number of aromatic amines is 2. The fraction of sp³-hybridized carbons (Fsp3) is 0.222. The predicted molar refractivity (Wildman–Crippen MR) is 88.2 cm³/mol. The first-order valence-corrected chi connectivity index (χ1v) is 7.84. The maximum absolute atomic E-state index is 9.80. The summed E-state index contributed by atoms with van der Waals surface area (Å²) < 4.78 is 0. The van der Waals surface area contributed by atoms with Crippen molar-refractivity contribution >= 4 is 0 Å². The lowest BCUT2D eigenvalue weighted by atomic mass is 9.90. The summed E-state index contributed by atoms with van der Waals surface area (Å²) in [5.41, 5.74) is 4.87. The molecule has 1 aliphatic heterocycles. The van der Waals surface area contributed by atoms with Crippen molar-refractivity contribution in [3.63, 3.8) is 0 Å². The molecule has 1 aliphatic rings. The SMILES string of the molecule is N#Cc1cc(CN2Cc3[nH]cnc3C(c3cccc(O)c3)C2)c[nH]1. The Hall–Kier alpha value is -3.04. The number of aromatic hydroxyl groups is 1. The summed E-state index contributed by atoms with van der Waals surface area (Å²) in [6, 6.07) is 11.4. The molecule has 120 valence electrons. The molecule has 1 aromatic carbocycles. The van der Waals surface area contributed by atoms with Crippen molar-refractivity contribution in [3.05, 3.63) is 71.1 Å². The van der Waals surface area contributed by atoms with Gasteiger partial charge in [-0.05, 0) is 29.3 Å². The van der Waals surface area contributed by atoms with Gasteiger partial charge >= 0.3 is 0 Å². The van der Waals surface area contributed by atoms with E-state index in [-0.39, 0.29) is 11.7 Å². The molecule has 1 unspecified atom stereocenters. The Morgan fingerprint density at radius 1 is 1.33 bits per heavy atom. The van der Waals surface area contributed by atoms with E-state index in [0.29, 0.717) is 5.69 Å². The summed E-state index contributed by atoms with van der Waals surface area (Å²) in [6.07, 6.45) is 3.61. The standard InChI is InChI=1S/C18H17N5O/c19-6-14-4-12(7-20-14)8-23-9-16(13-2-1-3-15(24)5-13)18-17(10-23)21-11-22-18/h1-5,7,11,16,20,24H,8-10H2,(H,21,22). The molecule has 24 heavy (non-hydrogen) atoms. The van der Waals surface area contributed by atoms with Crippen molar-refractivity contribution in [1.82, 2.24) is 19.9 Å². The van der Waals surface area contributed by atoms with Crippen molar-refractivity contribution in [2.45, 2.75) is 19.0 Å². The van der Waals surface area contributed by atoms with Crippen molar-refractivity contribution in [2.75, 3.05) is 6.54 Å². The molecule has 4 rings (SSSR count). The summed E-state index contributed by atoms with van der Waals surface area (Å²) in [4.78, 5) is 13.0. The van der Waals surface area contributed by atoms with Crippen LogP contribution in [0.25, 0.3) is 0 Å². The lowest BCUT2D eigenvalue weighted by Crippen LogP contribution is -2.33. The molecule has 3 N–H and O–H groups in total. The molecule has 0 spiro atoms. The molecule has 0 bridgehead atoms. The molecule has 2 aromatic heterocycles. The summed E-state index contributed by atoms with van der Waals surface area (Å²) in [7, 11) is 0. The molecule has 0 saturated carbocycles. The highest BCUT2D eigenvalue weighted by Crippen LogP contribution is 2.33. The number of hydrogen-bond acceptors (Lipinski definition) is 4. The second-order valence-electron chi connectivity index (χ2n) is 6.12. The number of phenolic OH excluding ortho intramolecular Hbond substituents is 1. The number of imidazole rings is 1. The van der Waals surface area contributed by atoms with E-state index in [1.807, 2.05) is 24.4 Å². The Balaban J connectivity index is 1.62. The van der Waals surface area contributed by atoms with Crippen LogP contribution in [0, 0.1) is 11.3 Å². The summed E-state index contributed by atoms with van der Waals surface area (Å²) >= 11 is 0. The lowest BCUT2D eigenvalue weighted by molar-refractivity contribution is 0.228. The molecule has 0 aliphatic carbocycles. The Morgan fingerprint density at radius 3 is 3.04 bits per heavy atom. The van der Waals surface area contributed by atoms with E-state index in [0.717, 1.165) is 42.1 Å². The number of nitrogens with one attached hydrogen (secondary N) is 2. The summed E-state index contributed by atoms with van der Waals surface area (Å²) in [5.74, 6) is 0.382. The second kappa shape index (κ2) is 5.87. The highest BCUT2D eigenvalue weighted by molar-refractivity contribution is 5.37. The number of fused-ring (bicyclic) bond motifs is 1. The van der Waals surface area contributed by atoms with Crippen LogP contribution >= 0.6 is 0 Å². The number of aromatic nitrogens is 3. The van der Waals surface area contributed by atoms with Crippen LogP contribution in [0.5, 0.6) is 5.75 Å². The van der Waals surface area contributed by atoms with Crippen LogP contribution < -0.4 is 0 Å². The number of phenols is 1. The first kappa shape index (κ1) is 14.5. The Kier molecular flexibility index (Phi) is 3.56. The highest BCUT2D eigenvalue weighted by Gasteiger charge is 2.29. The lowest BCUT2D eigenvalue weighted by Gasteiger charge is -2.32. The normalized spacial score (nSPS) is 17.4. The van der Waals surface area contributed by atoms with E-state index in [9.17, 15) is 5.11 Å². The summed E-state index contributed by atoms with van der Waals surface area (Å²) in [6.45, 7) is 2.36. The predicted octanol–water partition coefficient (Wildman–Crippen LogP) is 2.46. The van der Waals surface area contributed by atoms with Gasteiger partial charge in [-0.15, -0.1) is 0 Å². The van der Waals surface area contributed by atoms with Gasteiger partial charge in [0.15, 0.2) is 0 Å². The maximum atomic E-state index is 9.80. The number of rotatable bonds is 3. The Morgan fingerprint density at radius 2 is 2.25 bits per heavy atom. The fourth-order valence-electron chi connectivity index (χ4n) is 3.37. The average Bonchev–Trinajstić information content (AvgIpc) is 3.23. The minimum atomic E-state index is 0.112. The second-order valence-corrected chi connectivity index (χ2v) is 6.12. The molecule has 3 aromatic rings. The molecule has 6 nitrogen and oxygen atoms in total. The first-order valence-electron chi connectivity index (χ1n) is 7.84. The van der Waals surface area contributed by atoms with Crippen LogP contribution in [0.3, 0.4) is 0 Å². The van der Waals surface area contributed by atoms with Crippen LogP contribution in [0.2, 0.25) is 0 Å². The van der Waals surface area contributed by atoms with Crippen LogP contribution in [-0.2, 0) is 13.1 Å². The smallest absolute Gasteiger partial charge is 0.117 e. The van der Waals surface area contributed by atoms with Crippen LogP contribution in [0.1, 0.15) is 34.1 Å². The van der Waals surface area contributed by atoms with E-state index >= 15 is 0 Å². The third-order valence-electron chi connectivity index (χ3n) is 4.45. The number of nitrogens with zero attached hydrogens (tertiary/aromatic N) is 3. The number of hydrogen-bond donors (Lipinski definition) is 3. The minimum absolute atomic E-state index is 0.112. The van der Waals surface area contributed by atoms with Crippen molar-refractivity contribution in [1.29, 1.82) is 5.26 Å². The monoisotopic (exact) mass is 319 g/mol. The number of H-pyrrole nitrogens is 2. The maximum Gasteiger partial charge on any atom is 0.117 e. The zero-order valence-electron chi connectivity index (χ0n) is 13.0. The van der Waals surface area contributed by atoms with E-state index in [2.05, 4.69) is 25.9 Å². The average molecular weight is 319 g/mol. The van der Waals surface area contributed by atoms with Gasteiger partial charge in [-0.1, -0.05) is 12.1 Å². The largest absolute Gasteiger partial charge is 0.508 e. The molecule has 0 fully saturated rings. The number of nitriles is 1. The van der Waals surface area contributed by atoms with E-state index in [1.54, 1.807) is 18.5 Å². The van der Waals surface area contributed by atoms with Crippen LogP contribution in [0.4, 0.5) is 0 Å². The molecule has 0 amide bonds. The highest BCUT2D eigenvalue weighted by atomic mass is 16.3. The summed E-state index contributed by atoms with van der Waals surface area (Å²) in [5, 5.41) is 18.7. The third-order valence-corrected chi connectivity index (χ3v) is 4.45. The zero-order valence-corrected chi connectivity index (χ0v) is 13.0. The van der Waals surface area contributed by atoms with Crippen LogP contribution in [-0.4, -0.2) is 31.5 Å².